The van der Waals surface area contributed by atoms with Gasteiger partial charge in [-0.05, 0) is 17.7 Å². The van der Waals surface area contributed by atoms with E-state index in [0.717, 1.165) is 5.56 Å². The fraction of sp³-hybridized carbons (Fsp3) is 0.273. The highest BCUT2D eigenvalue weighted by molar-refractivity contribution is 6.03. The van der Waals surface area contributed by atoms with Gasteiger partial charge in [-0.15, -0.1) is 0 Å². The van der Waals surface area contributed by atoms with Crippen LogP contribution < -0.4 is 20.5 Å². The monoisotopic (exact) mass is 235 g/mol. The Morgan fingerprint density at radius 3 is 2.24 bits per heavy atom. The average molecular weight is 235 g/mol. The molecule has 1 aromatic rings. The summed E-state index contributed by atoms with van der Waals surface area (Å²) < 4.78 is 10.3. The molecule has 0 bridgehead atoms. The van der Waals surface area contributed by atoms with Crippen LogP contribution in [0, 0.1) is 0 Å². The minimum absolute atomic E-state index is 0.241. The van der Waals surface area contributed by atoms with E-state index < -0.39 is 12.1 Å². The maximum absolute atomic E-state index is 11.1. The second-order valence-electron chi connectivity index (χ2n) is 3.57. The van der Waals surface area contributed by atoms with Gasteiger partial charge in [-0.25, -0.2) is 4.79 Å². The number of hydrogen-bond acceptors (Lipinski definition) is 4. The van der Waals surface area contributed by atoms with E-state index in [0.29, 0.717) is 11.5 Å². The SMILES string of the molecule is COc1cc(OC)cc(C2NC(=O)N=C2N)c1. The van der Waals surface area contributed by atoms with Crippen molar-refractivity contribution in [3.8, 4) is 11.5 Å². The highest BCUT2D eigenvalue weighted by Gasteiger charge is 2.25. The first kappa shape index (κ1) is 11.3. The van der Waals surface area contributed by atoms with Crippen molar-refractivity contribution in [3.05, 3.63) is 23.8 Å². The van der Waals surface area contributed by atoms with E-state index >= 15 is 0 Å². The lowest BCUT2D eigenvalue weighted by Gasteiger charge is -2.13. The van der Waals surface area contributed by atoms with Gasteiger partial charge in [0, 0.05) is 6.07 Å². The average Bonchev–Trinajstić information content (AvgIpc) is 2.67. The van der Waals surface area contributed by atoms with Gasteiger partial charge in [0.05, 0.1) is 14.2 Å². The second-order valence-corrected chi connectivity index (χ2v) is 3.57. The molecule has 1 atom stereocenters. The van der Waals surface area contributed by atoms with Crippen molar-refractivity contribution >= 4 is 11.9 Å². The predicted octanol–water partition coefficient (Wildman–Crippen LogP) is 0.825. The van der Waals surface area contributed by atoms with Crippen LogP contribution in [0.5, 0.6) is 11.5 Å². The molecule has 1 heterocycles. The number of nitrogens with zero attached hydrogens (tertiary/aromatic N) is 1. The summed E-state index contributed by atoms with van der Waals surface area (Å²) in [5.74, 6) is 1.51. The van der Waals surface area contributed by atoms with Gasteiger partial charge in [0.15, 0.2) is 0 Å². The quantitative estimate of drug-likeness (QED) is 0.812. The lowest BCUT2D eigenvalue weighted by Crippen LogP contribution is -2.27. The third kappa shape index (κ3) is 2.15. The van der Waals surface area contributed by atoms with Crippen molar-refractivity contribution in [2.24, 2.45) is 10.7 Å². The number of urea groups is 1. The van der Waals surface area contributed by atoms with Gasteiger partial charge >= 0.3 is 6.03 Å². The van der Waals surface area contributed by atoms with E-state index in [2.05, 4.69) is 10.3 Å². The van der Waals surface area contributed by atoms with E-state index in [1.165, 1.54) is 0 Å². The first-order valence-corrected chi connectivity index (χ1v) is 5.01. The molecule has 6 heteroatoms. The fourth-order valence-corrected chi connectivity index (χ4v) is 1.66. The van der Waals surface area contributed by atoms with Crippen molar-refractivity contribution in [3.63, 3.8) is 0 Å². The lowest BCUT2D eigenvalue weighted by molar-refractivity contribution is 0.250. The van der Waals surface area contributed by atoms with Crippen molar-refractivity contribution in [2.45, 2.75) is 6.04 Å². The zero-order valence-electron chi connectivity index (χ0n) is 9.56. The molecule has 0 radical (unpaired) electrons. The molecule has 1 aromatic carbocycles. The first-order valence-electron chi connectivity index (χ1n) is 5.01. The molecule has 90 valence electrons. The van der Waals surface area contributed by atoms with Crippen LogP contribution in [0.2, 0.25) is 0 Å². The molecular weight excluding hydrogens is 222 g/mol. The minimum atomic E-state index is -0.436. The molecule has 1 aliphatic heterocycles. The Morgan fingerprint density at radius 1 is 1.24 bits per heavy atom. The summed E-state index contributed by atoms with van der Waals surface area (Å²) in [7, 11) is 3.12. The number of nitrogens with two attached hydrogens (primary N) is 1. The maximum Gasteiger partial charge on any atom is 0.343 e. The van der Waals surface area contributed by atoms with Crippen molar-refractivity contribution in [1.82, 2.24) is 5.32 Å². The normalized spacial score (nSPS) is 18.6. The van der Waals surface area contributed by atoms with E-state index in [9.17, 15) is 4.79 Å². The van der Waals surface area contributed by atoms with Gasteiger partial charge in [-0.1, -0.05) is 0 Å². The predicted molar refractivity (Wildman–Crippen MR) is 62.4 cm³/mol. The number of rotatable bonds is 3. The smallest absolute Gasteiger partial charge is 0.343 e. The maximum atomic E-state index is 11.1. The summed E-state index contributed by atoms with van der Waals surface area (Å²) in [6.07, 6.45) is 0. The topological polar surface area (TPSA) is 85.9 Å². The Bertz CT molecular complexity index is 463. The van der Waals surface area contributed by atoms with Crippen LogP contribution in [0.15, 0.2) is 23.2 Å². The molecule has 0 aromatic heterocycles. The number of amidine groups is 1. The zero-order valence-corrected chi connectivity index (χ0v) is 9.56. The molecule has 17 heavy (non-hydrogen) atoms. The first-order chi connectivity index (χ1) is 8.13. The Hall–Kier alpha value is -2.24. The Kier molecular flexibility index (Phi) is 2.86. The van der Waals surface area contributed by atoms with Gasteiger partial charge in [-0.2, -0.15) is 4.99 Å². The van der Waals surface area contributed by atoms with Crippen molar-refractivity contribution in [1.29, 1.82) is 0 Å². The van der Waals surface area contributed by atoms with E-state index in [1.54, 1.807) is 32.4 Å². The number of hydrogen-bond donors (Lipinski definition) is 2. The molecule has 6 nitrogen and oxygen atoms in total. The fourth-order valence-electron chi connectivity index (χ4n) is 1.66. The van der Waals surface area contributed by atoms with E-state index in [-0.39, 0.29) is 5.84 Å². The number of ether oxygens (including phenoxy) is 2. The Morgan fingerprint density at radius 2 is 1.82 bits per heavy atom. The van der Waals surface area contributed by atoms with E-state index in [1.807, 2.05) is 0 Å². The molecule has 0 saturated heterocycles. The van der Waals surface area contributed by atoms with E-state index in [4.69, 9.17) is 15.2 Å². The zero-order chi connectivity index (χ0) is 12.4. The number of aliphatic imine (C=N–C) groups is 1. The molecule has 3 N–H and O–H groups in total. The third-order valence-corrected chi connectivity index (χ3v) is 2.50. The number of carbonyl (C=O) groups is 1. The molecule has 1 unspecified atom stereocenters. The largest absolute Gasteiger partial charge is 0.497 e. The second kappa shape index (κ2) is 4.32. The summed E-state index contributed by atoms with van der Waals surface area (Å²) in [5, 5.41) is 2.64. The molecular formula is C11H13N3O3. The summed E-state index contributed by atoms with van der Waals surface area (Å²) >= 11 is 0. The molecule has 0 fully saturated rings. The minimum Gasteiger partial charge on any atom is -0.497 e. The third-order valence-electron chi connectivity index (χ3n) is 2.50. The van der Waals surface area contributed by atoms with Crippen LogP contribution in [0.3, 0.4) is 0 Å². The van der Waals surface area contributed by atoms with Crippen LogP contribution in [-0.4, -0.2) is 26.1 Å². The van der Waals surface area contributed by atoms with Gasteiger partial charge in [0.1, 0.15) is 23.4 Å². The Balaban J connectivity index is 2.38. The molecule has 2 amide bonds. The molecule has 2 rings (SSSR count). The summed E-state index contributed by atoms with van der Waals surface area (Å²) in [4.78, 5) is 14.7. The highest BCUT2D eigenvalue weighted by Crippen LogP contribution is 2.27. The van der Waals surface area contributed by atoms with Crippen LogP contribution in [0.25, 0.3) is 0 Å². The number of methoxy groups -OCH3 is 2. The standard InChI is InChI=1S/C11H13N3O3/c1-16-7-3-6(4-8(5-7)17-2)9-10(12)14-11(15)13-9/h3-5,9H,1-2H3,(H3,12,13,14,15). The number of nitrogens with one attached hydrogen (secondary N) is 1. The van der Waals surface area contributed by atoms with Gasteiger partial charge in [-0.3, -0.25) is 0 Å². The van der Waals surface area contributed by atoms with Gasteiger partial charge in [0.2, 0.25) is 0 Å². The highest BCUT2D eigenvalue weighted by atomic mass is 16.5. The number of carbonyl (C=O) groups excluding carboxylic acids is 1. The number of benzene rings is 1. The lowest BCUT2D eigenvalue weighted by atomic mass is 10.1. The van der Waals surface area contributed by atoms with Crippen LogP contribution in [0.1, 0.15) is 11.6 Å². The van der Waals surface area contributed by atoms with Gasteiger partial charge < -0.3 is 20.5 Å². The van der Waals surface area contributed by atoms with Crippen molar-refractivity contribution < 1.29 is 14.3 Å². The summed E-state index contributed by atoms with van der Waals surface area (Å²) in [6, 6.07) is 4.44. The van der Waals surface area contributed by atoms with Crippen LogP contribution in [-0.2, 0) is 0 Å². The van der Waals surface area contributed by atoms with Crippen LogP contribution >= 0.6 is 0 Å². The molecule has 0 saturated carbocycles. The van der Waals surface area contributed by atoms with Gasteiger partial charge in [0.25, 0.3) is 0 Å². The summed E-state index contributed by atoms with van der Waals surface area (Å²) in [5.41, 5.74) is 6.44. The Labute approximate surface area is 98.4 Å². The molecule has 0 aliphatic carbocycles. The molecule has 0 spiro atoms. The van der Waals surface area contributed by atoms with Crippen molar-refractivity contribution in [2.75, 3.05) is 14.2 Å². The summed E-state index contributed by atoms with van der Waals surface area (Å²) in [6.45, 7) is 0. The number of amides is 2. The van der Waals surface area contributed by atoms with Crippen LogP contribution in [0.4, 0.5) is 4.79 Å². The molecule has 1 aliphatic rings.